The minimum Gasteiger partial charge on any atom is -0.376 e. The lowest BCUT2D eigenvalue weighted by molar-refractivity contribution is -0.385. The van der Waals surface area contributed by atoms with Crippen molar-refractivity contribution < 1.29 is 9.31 Å². The highest BCUT2D eigenvalue weighted by atomic mass is 35.5. The summed E-state index contributed by atoms with van der Waals surface area (Å²) >= 11 is 11.9. The second-order valence-electron chi connectivity index (χ2n) is 4.45. The molecule has 0 aliphatic heterocycles. The summed E-state index contributed by atoms with van der Waals surface area (Å²) in [6.07, 6.45) is 0. The molecule has 0 heterocycles. The lowest BCUT2D eigenvalue weighted by atomic mass is 10.1. The van der Waals surface area contributed by atoms with E-state index in [0.717, 1.165) is 11.6 Å². The van der Waals surface area contributed by atoms with Gasteiger partial charge in [0.15, 0.2) is 5.82 Å². The summed E-state index contributed by atoms with van der Waals surface area (Å²) in [6, 6.07) is 8.18. The molecule has 1 atom stereocenters. The summed E-state index contributed by atoms with van der Waals surface area (Å²) < 4.78 is 13.8. The molecule has 0 saturated heterocycles. The van der Waals surface area contributed by atoms with Gasteiger partial charge in [0, 0.05) is 16.1 Å². The van der Waals surface area contributed by atoms with Gasteiger partial charge in [-0.1, -0.05) is 29.3 Å². The van der Waals surface area contributed by atoms with Crippen molar-refractivity contribution in [1.82, 2.24) is 0 Å². The third kappa shape index (κ3) is 3.62. The predicted octanol–water partition coefficient (Wildman–Crippen LogP) is 5.21. The molecule has 0 bridgehead atoms. The molecule has 2 aromatic rings. The molecule has 7 heteroatoms. The number of benzene rings is 2. The molecule has 1 unspecified atom stereocenters. The minimum absolute atomic E-state index is 0.166. The zero-order valence-corrected chi connectivity index (χ0v) is 12.5. The second-order valence-corrected chi connectivity index (χ2v) is 5.30. The molecule has 0 saturated carbocycles. The Morgan fingerprint density at radius 2 is 1.95 bits per heavy atom. The molecule has 2 aromatic carbocycles. The third-order valence-electron chi connectivity index (χ3n) is 2.96. The number of nitro benzene ring substituents is 1. The Hall–Kier alpha value is -1.85. The number of nitro groups is 1. The average molecular weight is 329 g/mol. The highest BCUT2D eigenvalue weighted by molar-refractivity contribution is 6.35. The fourth-order valence-electron chi connectivity index (χ4n) is 1.90. The van der Waals surface area contributed by atoms with Crippen LogP contribution in [0.5, 0.6) is 0 Å². The Balaban J connectivity index is 2.23. The third-order valence-corrected chi connectivity index (χ3v) is 3.53. The van der Waals surface area contributed by atoms with E-state index in [2.05, 4.69) is 5.32 Å². The Labute approximate surface area is 130 Å². The van der Waals surface area contributed by atoms with Crippen LogP contribution in [0.25, 0.3) is 0 Å². The summed E-state index contributed by atoms with van der Waals surface area (Å²) in [7, 11) is 0. The lowest BCUT2D eigenvalue weighted by Gasteiger charge is -2.17. The van der Waals surface area contributed by atoms with Crippen molar-refractivity contribution in [2.75, 3.05) is 5.32 Å². The monoisotopic (exact) mass is 328 g/mol. The van der Waals surface area contributed by atoms with E-state index in [1.54, 1.807) is 25.1 Å². The van der Waals surface area contributed by atoms with Gasteiger partial charge < -0.3 is 5.32 Å². The van der Waals surface area contributed by atoms with Crippen molar-refractivity contribution in [1.29, 1.82) is 0 Å². The van der Waals surface area contributed by atoms with Gasteiger partial charge in [0.05, 0.1) is 22.7 Å². The zero-order chi connectivity index (χ0) is 15.6. The Morgan fingerprint density at radius 1 is 1.24 bits per heavy atom. The topological polar surface area (TPSA) is 55.2 Å². The lowest BCUT2D eigenvalue weighted by Crippen LogP contribution is -2.08. The van der Waals surface area contributed by atoms with Gasteiger partial charge >= 0.3 is 0 Å². The van der Waals surface area contributed by atoms with Gasteiger partial charge in [-0.05, 0) is 30.7 Å². The highest BCUT2D eigenvalue weighted by Gasteiger charge is 2.15. The highest BCUT2D eigenvalue weighted by Crippen LogP contribution is 2.30. The molecule has 4 nitrogen and oxygen atoms in total. The van der Waals surface area contributed by atoms with E-state index in [1.807, 2.05) is 0 Å². The molecule has 0 aliphatic rings. The molecule has 1 N–H and O–H groups in total. The van der Waals surface area contributed by atoms with E-state index in [-0.39, 0.29) is 17.4 Å². The van der Waals surface area contributed by atoms with Gasteiger partial charge in [-0.25, -0.2) is 4.39 Å². The molecular formula is C14H11Cl2FN2O2. The van der Waals surface area contributed by atoms with Gasteiger partial charge in [-0.2, -0.15) is 0 Å². The van der Waals surface area contributed by atoms with E-state index >= 15 is 0 Å². The molecule has 110 valence electrons. The molecule has 0 radical (unpaired) electrons. The van der Waals surface area contributed by atoms with Gasteiger partial charge in [-0.3, -0.25) is 10.1 Å². The van der Waals surface area contributed by atoms with Gasteiger partial charge in [0.2, 0.25) is 0 Å². The Bertz CT molecular complexity index is 695. The number of rotatable bonds is 4. The van der Waals surface area contributed by atoms with E-state index < -0.39 is 10.7 Å². The summed E-state index contributed by atoms with van der Waals surface area (Å²) in [4.78, 5) is 9.93. The van der Waals surface area contributed by atoms with Crippen molar-refractivity contribution in [2.45, 2.75) is 13.0 Å². The van der Waals surface area contributed by atoms with Crippen LogP contribution >= 0.6 is 23.2 Å². The van der Waals surface area contributed by atoms with Crippen LogP contribution in [0, 0.1) is 15.9 Å². The standard InChI is InChI=1S/C14H11Cl2FN2O2/c1-8(11-4-2-9(15)6-12(11)16)18-14-5-3-10(19(20)21)7-13(14)17/h2-8,18H,1H3. The second kappa shape index (κ2) is 6.28. The van der Waals surface area contributed by atoms with Gasteiger partial charge in [0.1, 0.15) is 0 Å². The average Bonchev–Trinajstić information content (AvgIpc) is 2.40. The van der Waals surface area contributed by atoms with E-state index in [0.29, 0.717) is 10.0 Å². The molecule has 0 aliphatic carbocycles. The van der Waals surface area contributed by atoms with Crippen LogP contribution in [-0.4, -0.2) is 4.92 Å². The van der Waals surface area contributed by atoms with E-state index in [4.69, 9.17) is 23.2 Å². The molecule has 0 aromatic heterocycles. The van der Waals surface area contributed by atoms with Gasteiger partial charge in [-0.15, -0.1) is 0 Å². The van der Waals surface area contributed by atoms with Crippen LogP contribution < -0.4 is 5.32 Å². The van der Waals surface area contributed by atoms with Crippen molar-refractivity contribution in [3.05, 3.63) is 67.9 Å². The van der Waals surface area contributed by atoms with Gasteiger partial charge in [0.25, 0.3) is 5.69 Å². The minimum atomic E-state index is -0.693. The first-order chi connectivity index (χ1) is 9.88. The van der Waals surface area contributed by atoms with E-state index in [1.165, 1.54) is 12.1 Å². The maximum atomic E-state index is 13.8. The first-order valence-electron chi connectivity index (χ1n) is 6.04. The normalized spacial score (nSPS) is 12.0. The van der Waals surface area contributed by atoms with Crippen molar-refractivity contribution in [2.24, 2.45) is 0 Å². The number of nitrogens with zero attached hydrogens (tertiary/aromatic N) is 1. The predicted molar refractivity (Wildman–Crippen MR) is 81.6 cm³/mol. The van der Waals surface area contributed by atoms with Crippen molar-refractivity contribution in [3.8, 4) is 0 Å². The number of anilines is 1. The zero-order valence-electron chi connectivity index (χ0n) is 10.9. The number of halogens is 3. The summed E-state index contributed by atoms with van der Waals surface area (Å²) in [5.74, 6) is -0.693. The largest absolute Gasteiger partial charge is 0.376 e. The fraction of sp³-hybridized carbons (Fsp3) is 0.143. The smallest absolute Gasteiger partial charge is 0.272 e. The SMILES string of the molecule is CC(Nc1ccc([N+](=O)[O-])cc1F)c1ccc(Cl)cc1Cl. The Morgan fingerprint density at radius 3 is 2.52 bits per heavy atom. The van der Waals surface area contributed by atoms with Crippen LogP contribution in [0.1, 0.15) is 18.5 Å². The first kappa shape index (κ1) is 15.5. The summed E-state index contributed by atoms with van der Waals surface area (Å²) in [5, 5.41) is 14.5. The molecule has 0 fully saturated rings. The quantitative estimate of drug-likeness (QED) is 0.618. The molecule has 0 amide bonds. The maximum Gasteiger partial charge on any atom is 0.272 e. The first-order valence-corrected chi connectivity index (χ1v) is 6.79. The van der Waals surface area contributed by atoms with Crippen molar-refractivity contribution >= 4 is 34.6 Å². The summed E-state index contributed by atoms with van der Waals surface area (Å²) in [5.41, 5.74) is 0.619. The van der Waals surface area contributed by atoms with Crippen LogP contribution in [-0.2, 0) is 0 Å². The molecular weight excluding hydrogens is 318 g/mol. The molecule has 21 heavy (non-hydrogen) atoms. The fourth-order valence-corrected chi connectivity index (χ4v) is 2.47. The van der Waals surface area contributed by atoms with Crippen molar-refractivity contribution in [3.63, 3.8) is 0 Å². The number of hydrogen-bond donors (Lipinski definition) is 1. The van der Waals surface area contributed by atoms with E-state index in [9.17, 15) is 14.5 Å². The number of hydrogen-bond acceptors (Lipinski definition) is 3. The van der Waals surface area contributed by atoms with Crippen LogP contribution in [0.4, 0.5) is 15.8 Å². The number of non-ortho nitro benzene ring substituents is 1. The maximum absolute atomic E-state index is 13.8. The number of nitrogens with one attached hydrogen (secondary N) is 1. The van der Waals surface area contributed by atoms with Crippen LogP contribution in [0.15, 0.2) is 36.4 Å². The van der Waals surface area contributed by atoms with Crippen LogP contribution in [0.3, 0.4) is 0 Å². The van der Waals surface area contributed by atoms with Crippen LogP contribution in [0.2, 0.25) is 10.0 Å². The summed E-state index contributed by atoms with van der Waals surface area (Å²) in [6.45, 7) is 1.80. The molecule has 0 spiro atoms. The molecule has 2 rings (SSSR count). The Kier molecular flexibility index (Phi) is 4.65.